The van der Waals surface area contributed by atoms with Crippen LogP contribution in [0.5, 0.6) is 11.5 Å². The molecular formula is C11H8N2O3S. The Kier molecular flexibility index (Phi) is 2.41. The lowest BCUT2D eigenvalue weighted by atomic mass is 10.2. The van der Waals surface area contributed by atoms with E-state index in [1.807, 2.05) is 0 Å². The van der Waals surface area contributed by atoms with Gasteiger partial charge in [0.15, 0.2) is 16.6 Å². The van der Waals surface area contributed by atoms with Crippen LogP contribution < -0.4 is 14.8 Å². The summed E-state index contributed by atoms with van der Waals surface area (Å²) in [6, 6.07) is 5.21. The highest BCUT2D eigenvalue weighted by Gasteiger charge is 2.21. The number of ether oxygens (including phenoxy) is 2. The van der Waals surface area contributed by atoms with Gasteiger partial charge in [-0.2, -0.15) is 0 Å². The number of fused-ring (bicyclic) bond motifs is 1. The molecule has 0 bridgehead atoms. The van der Waals surface area contributed by atoms with Crippen LogP contribution >= 0.6 is 11.3 Å². The van der Waals surface area contributed by atoms with Crippen molar-refractivity contribution in [2.24, 2.45) is 0 Å². The zero-order chi connectivity index (χ0) is 11.7. The van der Waals surface area contributed by atoms with Gasteiger partial charge in [-0.25, -0.2) is 4.98 Å². The van der Waals surface area contributed by atoms with Crippen molar-refractivity contribution in [2.75, 3.05) is 12.1 Å². The molecule has 0 saturated heterocycles. The predicted octanol–water partition coefficient (Wildman–Crippen LogP) is 2.12. The Morgan fingerprint density at radius 1 is 1.41 bits per heavy atom. The smallest absolute Gasteiger partial charge is 0.261 e. The van der Waals surface area contributed by atoms with Gasteiger partial charge in [0.05, 0.1) is 5.56 Å². The first-order chi connectivity index (χ1) is 8.34. The Balaban J connectivity index is 1.89. The van der Waals surface area contributed by atoms with Gasteiger partial charge in [0.25, 0.3) is 5.91 Å². The van der Waals surface area contributed by atoms with Crippen molar-refractivity contribution in [1.82, 2.24) is 4.98 Å². The number of hydrogen-bond donors (Lipinski definition) is 1. The average Bonchev–Trinajstić information content (AvgIpc) is 2.97. The van der Waals surface area contributed by atoms with E-state index >= 15 is 0 Å². The van der Waals surface area contributed by atoms with Gasteiger partial charge in [-0.05, 0) is 12.1 Å². The van der Waals surface area contributed by atoms with Gasteiger partial charge in [-0.3, -0.25) is 10.1 Å². The average molecular weight is 248 g/mol. The summed E-state index contributed by atoms with van der Waals surface area (Å²) in [5.74, 6) is 0.834. The van der Waals surface area contributed by atoms with E-state index in [9.17, 15) is 4.79 Å². The molecule has 1 aromatic heterocycles. The maximum absolute atomic E-state index is 12.0. The summed E-state index contributed by atoms with van der Waals surface area (Å²) in [5, 5.41) is 5.06. The van der Waals surface area contributed by atoms with Crippen LogP contribution in [0.25, 0.3) is 0 Å². The molecule has 1 aromatic carbocycles. The highest BCUT2D eigenvalue weighted by molar-refractivity contribution is 7.13. The molecule has 0 saturated carbocycles. The van der Waals surface area contributed by atoms with E-state index in [4.69, 9.17) is 9.47 Å². The molecule has 2 heterocycles. The van der Waals surface area contributed by atoms with Crippen molar-refractivity contribution in [2.45, 2.75) is 0 Å². The molecule has 17 heavy (non-hydrogen) atoms. The van der Waals surface area contributed by atoms with Gasteiger partial charge in [-0.1, -0.05) is 6.07 Å². The van der Waals surface area contributed by atoms with Crippen molar-refractivity contribution in [3.05, 3.63) is 35.3 Å². The number of carbonyl (C=O) groups is 1. The van der Waals surface area contributed by atoms with Crippen molar-refractivity contribution in [3.63, 3.8) is 0 Å². The second kappa shape index (κ2) is 4.06. The molecule has 0 atom stereocenters. The number of rotatable bonds is 2. The number of aromatic nitrogens is 1. The van der Waals surface area contributed by atoms with E-state index in [1.165, 1.54) is 11.3 Å². The predicted molar refractivity (Wildman–Crippen MR) is 62.6 cm³/mol. The fraction of sp³-hybridized carbons (Fsp3) is 0.0909. The minimum Gasteiger partial charge on any atom is -0.454 e. The number of nitrogens with zero attached hydrogens (tertiary/aromatic N) is 1. The molecule has 3 rings (SSSR count). The Hall–Kier alpha value is -2.08. The fourth-order valence-electron chi connectivity index (χ4n) is 1.56. The normalized spacial score (nSPS) is 12.5. The van der Waals surface area contributed by atoms with Crippen LogP contribution in [0.4, 0.5) is 5.13 Å². The van der Waals surface area contributed by atoms with Gasteiger partial charge in [-0.15, -0.1) is 11.3 Å². The topological polar surface area (TPSA) is 60.5 Å². The zero-order valence-electron chi connectivity index (χ0n) is 8.67. The summed E-state index contributed by atoms with van der Waals surface area (Å²) < 4.78 is 10.5. The summed E-state index contributed by atoms with van der Waals surface area (Å²) in [6.07, 6.45) is 1.63. The SMILES string of the molecule is O=C(Nc1nccs1)c1cccc2c1OCO2. The third-order valence-electron chi connectivity index (χ3n) is 2.29. The molecule has 1 aliphatic heterocycles. The number of nitrogens with one attached hydrogen (secondary N) is 1. The van der Waals surface area contributed by atoms with Gasteiger partial charge >= 0.3 is 0 Å². The molecule has 1 N–H and O–H groups in total. The van der Waals surface area contributed by atoms with Crippen molar-refractivity contribution in [3.8, 4) is 11.5 Å². The maximum Gasteiger partial charge on any atom is 0.261 e. The molecule has 0 aliphatic carbocycles. The van der Waals surface area contributed by atoms with Gasteiger partial charge < -0.3 is 9.47 Å². The second-order valence-electron chi connectivity index (χ2n) is 3.33. The molecule has 2 aromatic rings. The van der Waals surface area contributed by atoms with E-state index in [2.05, 4.69) is 10.3 Å². The first-order valence-electron chi connectivity index (χ1n) is 4.94. The lowest BCUT2D eigenvalue weighted by molar-refractivity contribution is 0.102. The molecule has 0 fully saturated rings. The molecular weight excluding hydrogens is 240 g/mol. The summed E-state index contributed by atoms with van der Waals surface area (Å²) in [5.41, 5.74) is 0.454. The van der Waals surface area contributed by atoms with Crippen LogP contribution in [0, 0.1) is 0 Å². The fourth-order valence-corrected chi connectivity index (χ4v) is 2.08. The molecule has 6 heteroatoms. The van der Waals surface area contributed by atoms with Crippen molar-refractivity contribution < 1.29 is 14.3 Å². The third kappa shape index (κ3) is 1.83. The number of hydrogen-bond acceptors (Lipinski definition) is 5. The lowest BCUT2D eigenvalue weighted by Crippen LogP contribution is -2.12. The Morgan fingerprint density at radius 3 is 3.18 bits per heavy atom. The van der Waals surface area contributed by atoms with E-state index in [1.54, 1.807) is 29.8 Å². The monoisotopic (exact) mass is 248 g/mol. The van der Waals surface area contributed by atoms with Crippen LogP contribution in [0.1, 0.15) is 10.4 Å². The van der Waals surface area contributed by atoms with Gasteiger partial charge in [0, 0.05) is 11.6 Å². The van der Waals surface area contributed by atoms with E-state index in [0.29, 0.717) is 22.2 Å². The third-order valence-corrected chi connectivity index (χ3v) is 2.98. The quantitative estimate of drug-likeness (QED) is 0.884. The van der Waals surface area contributed by atoms with Gasteiger partial charge in [0.2, 0.25) is 6.79 Å². The molecule has 86 valence electrons. The van der Waals surface area contributed by atoms with Crippen LogP contribution in [0.3, 0.4) is 0 Å². The summed E-state index contributed by atoms with van der Waals surface area (Å²) in [6.45, 7) is 0.150. The van der Waals surface area contributed by atoms with E-state index in [0.717, 1.165) is 0 Å². The van der Waals surface area contributed by atoms with E-state index in [-0.39, 0.29) is 12.7 Å². The standard InChI is InChI=1S/C11H8N2O3S/c14-10(13-11-12-4-5-17-11)7-2-1-3-8-9(7)16-6-15-8/h1-5H,6H2,(H,12,13,14). The number of para-hydroxylation sites is 1. The number of amides is 1. The lowest BCUT2D eigenvalue weighted by Gasteiger charge is -2.04. The number of anilines is 1. The van der Waals surface area contributed by atoms with Crippen LogP contribution in [0.2, 0.25) is 0 Å². The first kappa shape index (κ1) is 10.1. The summed E-state index contributed by atoms with van der Waals surface area (Å²) in [4.78, 5) is 16.0. The summed E-state index contributed by atoms with van der Waals surface area (Å²) >= 11 is 1.36. The Labute approximate surface area is 101 Å². The Morgan fingerprint density at radius 2 is 2.35 bits per heavy atom. The molecule has 1 aliphatic rings. The highest BCUT2D eigenvalue weighted by atomic mass is 32.1. The van der Waals surface area contributed by atoms with E-state index < -0.39 is 0 Å². The molecule has 0 spiro atoms. The zero-order valence-corrected chi connectivity index (χ0v) is 9.49. The van der Waals surface area contributed by atoms with Crippen LogP contribution in [0.15, 0.2) is 29.8 Å². The summed E-state index contributed by atoms with van der Waals surface area (Å²) in [7, 11) is 0. The van der Waals surface area contributed by atoms with Crippen LogP contribution in [-0.4, -0.2) is 17.7 Å². The van der Waals surface area contributed by atoms with Gasteiger partial charge in [0.1, 0.15) is 0 Å². The first-order valence-corrected chi connectivity index (χ1v) is 5.82. The number of carbonyl (C=O) groups excluding carboxylic acids is 1. The minimum absolute atomic E-state index is 0.150. The number of benzene rings is 1. The molecule has 0 radical (unpaired) electrons. The molecule has 0 unspecified atom stereocenters. The largest absolute Gasteiger partial charge is 0.454 e. The number of thiazole rings is 1. The minimum atomic E-state index is -0.248. The Bertz CT molecular complexity index is 554. The van der Waals surface area contributed by atoms with Crippen molar-refractivity contribution in [1.29, 1.82) is 0 Å². The second-order valence-corrected chi connectivity index (χ2v) is 4.23. The maximum atomic E-state index is 12.0. The molecule has 5 nitrogen and oxygen atoms in total. The molecule has 1 amide bonds. The van der Waals surface area contributed by atoms with Crippen molar-refractivity contribution >= 4 is 22.4 Å². The van der Waals surface area contributed by atoms with Crippen LogP contribution in [-0.2, 0) is 0 Å². The highest BCUT2D eigenvalue weighted by Crippen LogP contribution is 2.35.